The molecule has 0 radical (unpaired) electrons. The van der Waals surface area contributed by atoms with Gasteiger partial charge in [0.15, 0.2) is 0 Å². The van der Waals surface area contributed by atoms with Crippen molar-refractivity contribution in [2.24, 2.45) is 0 Å². The smallest absolute Gasteiger partial charge is 0.259 e. The van der Waals surface area contributed by atoms with Crippen LogP contribution in [0.15, 0.2) is 47.3 Å². The third-order valence-corrected chi connectivity index (χ3v) is 3.58. The number of aromatic nitrogens is 1. The van der Waals surface area contributed by atoms with Crippen molar-refractivity contribution in [3.05, 3.63) is 52.8 Å². The molecule has 21 heavy (non-hydrogen) atoms. The van der Waals surface area contributed by atoms with Crippen LogP contribution in [0.1, 0.15) is 0 Å². The normalized spacial score (nSPS) is 10.9. The Morgan fingerprint density at radius 1 is 1.14 bits per heavy atom. The molecule has 0 saturated heterocycles. The summed E-state index contributed by atoms with van der Waals surface area (Å²) < 4.78 is 1.48. The predicted octanol–water partition coefficient (Wildman–Crippen LogP) is 1.48. The quantitative estimate of drug-likeness (QED) is 0.552. The summed E-state index contributed by atoms with van der Waals surface area (Å²) >= 11 is 0. The first-order valence-corrected chi connectivity index (χ1v) is 6.63. The van der Waals surface area contributed by atoms with Crippen LogP contribution in [0.2, 0.25) is 0 Å². The van der Waals surface area contributed by atoms with Gasteiger partial charge in [0.1, 0.15) is 6.54 Å². The molecule has 5 nitrogen and oxygen atoms in total. The lowest BCUT2D eigenvalue weighted by Crippen LogP contribution is -2.30. The summed E-state index contributed by atoms with van der Waals surface area (Å²) in [5.41, 5.74) is 7.02. The van der Waals surface area contributed by atoms with Crippen LogP contribution < -0.4 is 16.6 Å². The molecule has 1 aromatic heterocycles. The molecule has 0 unspecified atom stereocenters. The lowest BCUT2D eigenvalue weighted by Gasteiger charge is -2.13. The second-order valence-corrected chi connectivity index (χ2v) is 4.89. The van der Waals surface area contributed by atoms with E-state index < -0.39 is 0 Å². The Morgan fingerprint density at radius 3 is 2.57 bits per heavy atom. The number of nitrogens with two attached hydrogens (primary N) is 1. The van der Waals surface area contributed by atoms with Gasteiger partial charge < -0.3 is 11.1 Å². The van der Waals surface area contributed by atoms with E-state index in [1.54, 1.807) is 25.2 Å². The maximum atomic E-state index is 12.6. The van der Waals surface area contributed by atoms with Crippen LogP contribution in [0, 0.1) is 0 Å². The molecule has 0 atom stereocenters. The summed E-state index contributed by atoms with van der Waals surface area (Å²) in [5.74, 6) is -0.217. The van der Waals surface area contributed by atoms with E-state index in [4.69, 9.17) is 5.73 Å². The Kier molecular flexibility index (Phi) is 3.10. The van der Waals surface area contributed by atoms with E-state index in [-0.39, 0.29) is 18.0 Å². The van der Waals surface area contributed by atoms with Gasteiger partial charge >= 0.3 is 0 Å². The molecule has 0 saturated carbocycles. The number of carbonyl (C=O) groups is 1. The van der Waals surface area contributed by atoms with E-state index in [0.29, 0.717) is 16.6 Å². The molecule has 0 bridgehead atoms. The minimum absolute atomic E-state index is 0.0133. The van der Waals surface area contributed by atoms with Crippen LogP contribution in [0.25, 0.3) is 21.7 Å². The van der Waals surface area contributed by atoms with Crippen molar-refractivity contribution in [3.63, 3.8) is 0 Å². The van der Waals surface area contributed by atoms with Crippen LogP contribution in [-0.2, 0) is 11.3 Å². The molecule has 3 rings (SSSR count). The molecule has 2 aromatic carbocycles. The molecule has 0 spiro atoms. The maximum Gasteiger partial charge on any atom is 0.259 e. The summed E-state index contributed by atoms with van der Waals surface area (Å²) in [6.07, 6.45) is 0. The van der Waals surface area contributed by atoms with E-state index in [0.717, 1.165) is 10.8 Å². The highest BCUT2D eigenvalue weighted by molar-refractivity contribution is 6.06. The Morgan fingerprint density at radius 2 is 1.86 bits per heavy atom. The zero-order valence-electron chi connectivity index (χ0n) is 11.6. The zero-order valence-corrected chi connectivity index (χ0v) is 11.6. The molecule has 0 aliphatic heterocycles. The second-order valence-electron chi connectivity index (χ2n) is 4.89. The molecule has 0 aliphatic rings. The van der Waals surface area contributed by atoms with Gasteiger partial charge in [0.2, 0.25) is 5.91 Å². The minimum atomic E-state index is -0.217. The Hall–Kier alpha value is -2.82. The standard InChI is InChI=1S/C16H15N3O2/c1-18-15(20)9-19-14-7-6-10(17)8-13(14)11-4-2-3-5-12(11)16(19)21/h2-8H,9,17H2,1H3,(H,18,20). The number of hydrogen-bond donors (Lipinski definition) is 2. The number of rotatable bonds is 2. The van der Waals surface area contributed by atoms with Gasteiger partial charge in [0, 0.05) is 23.5 Å². The third-order valence-electron chi connectivity index (χ3n) is 3.58. The molecular weight excluding hydrogens is 266 g/mol. The Balaban J connectivity index is 2.46. The number of anilines is 1. The number of nitrogen functional groups attached to an aromatic ring is 1. The lowest BCUT2D eigenvalue weighted by molar-refractivity contribution is -0.121. The average molecular weight is 281 g/mol. The fourth-order valence-corrected chi connectivity index (χ4v) is 2.54. The monoisotopic (exact) mass is 281 g/mol. The fraction of sp³-hybridized carbons (Fsp3) is 0.125. The first-order chi connectivity index (χ1) is 10.1. The Labute approximate surface area is 121 Å². The lowest BCUT2D eigenvalue weighted by atomic mass is 10.1. The predicted molar refractivity (Wildman–Crippen MR) is 84.2 cm³/mol. The van der Waals surface area contributed by atoms with Gasteiger partial charge in [0.05, 0.1) is 5.52 Å². The number of nitrogens with one attached hydrogen (secondary N) is 1. The summed E-state index contributed by atoms with van der Waals surface area (Å²) in [6, 6.07) is 12.7. The maximum absolute atomic E-state index is 12.6. The van der Waals surface area contributed by atoms with E-state index in [2.05, 4.69) is 5.32 Å². The van der Waals surface area contributed by atoms with Crippen LogP contribution in [0.4, 0.5) is 5.69 Å². The molecule has 3 aromatic rings. The second kappa shape index (κ2) is 4.94. The number of fused-ring (bicyclic) bond motifs is 3. The van der Waals surface area contributed by atoms with Crippen molar-refractivity contribution < 1.29 is 4.79 Å². The van der Waals surface area contributed by atoms with Crippen molar-refractivity contribution in [1.29, 1.82) is 0 Å². The molecule has 0 aliphatic carbocycles. The summed E-state index contributed by atoms with van der Waals surface area (Å²) in [7, 11) is 1.55. The van der Waals surface area contributed by atoms with E-state index >= 15 is 0 Å². The van der Waals surface area contributed by atoms with Gasteiger partial charge in [-0.15, -0.1) is 0 Å². The zero-order chi connectivity index (χ0) is 15.0. The number of benzene rings is 2. The van der Waals surface area contributed by atoms with Crippen LogP contribution in [0.3, 0.4) is 0 Å². The molecule has 3 N–H and O–H groups in total. The topological polar surface area (TPSA) is 77.1 Å². The molecule has 1 amide bonds. The third kappa shape index (κ3) is 2.12. The first kappa shape index (κ1) is 13.2. The highest BCUT2D eigenvalue weighted by Gasteiger charge is 2.12. The summed E-state index contributed by atoms with van der Waals surface area (Å²) in [4.78, 5) is 24.3. The number of carbonyl (C=O) groups excluding carboxylic acids is 1. The van der Waals surface area contributed by atoms with Gasteiger partial charge in [-0.25, -0.2) is 0 Å². The molecule has 1 heterocycles. The average Bonchev–Trinajstić information content (AvgIpc) is 2.51. The Bertz CT molecular complexity index is 912. The summed E-state index contributed by atoms with van der Waals surface area (Å²) in [5, 5.41) is 4.84. The SMILES string of the molecule is CNC(=O)Cn1c(=O)c2ccccc2c2cc(N)ccc21. The van der Waals surface area contributed by atoms with Gasteiger partial charge in [-0.2, -0.15) is 0 Å². The molecule has 106 valence electrons. The minimum Gasteiger partial charge on any atom is -0.399 e. The van der Waals surface area contributed by atoms with E-state index in [9.17, 15) is 9.59 Å². The van der Waals surface area contributed by atoms with Crippen molar-refractivity contribution in [2.75, 3.05) is 12.8 Å². The van der Waals surface area contributed by atoms with Crippen LogP contribution in [-0.4, -0.2) is 17.5 Å². The van der Waals surface area contributed by atoms with Gasteiger partial charge in [0.25, 0.3) is 5.56 Å². The van der Waals surface area contributed by atoms with Crippen molar-refractivity contribution in [2.45, 2.75) is 6.54 Å². The summed E-state index contributed by atoms with van der Waals surface area (Å²) in [6.45, 7) is -0.0133. The highest BCUT2D eigenvalue weighted by atomic mass is 16.2. The number of nitrogens with zero attached hydrogens (tertiary/aromatic N) is 1. The molecule has 0 fully saturated rings. The highest BCUT2D eigenvalue weighted by Crippen LogP contribution is 2.24. The van der Waals surface area contributed by atoms with Crippen LogP contribution in [0.5, 0.6) is 0 Å². The largest absolute Gasteiger partial charge is 0.399 e. The van der Waals surface area contributed by atoms with E-state index in [1.165, 1.54) is 4.57 Å². The number of likely N-dealkylation sites (N-methyl/N-ethyl adjacent to an activating group) is 1. The van der Waals surface area contributed by atoms with Crippen molar-refractivity contribution in [1.82, 2.24) is 9.88 Å². The fourth-order valence-electron chi connectivity index (χ4n) is 2.54. The first-order valence-electron chi connectivity index (χ1n) is 6.63. The van der Waals surface area contributed by atoms with Crippen molar-refractivity contribution in [3.8, 4) is 0 Å². The van der Waals surface area contributed by atoms with Gasteiger partial charge in [-0.1, -0.05) is 18.2 Å². The number of pyridine rings is 1. The molecule has 5 heteroatoms. The van der Waals surface area contributed by atoms with Gasteiger partial charge in [-0.3, -0.25) is 14.2 Å². The molecular formula is C16H15N3O2. The number of hydrogen-bond acceptors (Lipinski definition) is 3. The van der Waals surface area contributed by atoms with Crippen LogP contribution >= 0.6 is 0 Å². The van der Waals surface area contributed by atoms with Crippen molar-refractivity contribution >= 4 is 33.3 Å². The number of amides is 1. The van der Waals surface area contributed by atoms with Gasteiger partial charge in [-0.05, 0) is 29.7 Å². The van der Waals surface area contributed by atoms with E-state index in [1.807, 2.05) is 24.3 Å².